The molecule has 0 aliphatic carbocycles. The van der Waals surface area contributed by atoms with E-state index >= 15 is 0 Å². The van der Waals surface area contributed by atoms with Gasteiger partial charge in [0.1, 0.15) is 12.0 Å². The molecule has 3 rings (SSSR count). The molecule has 3 heterocycles. The predicted octanol–water partition coefficient (Wildman–Crippen LogP) is 1.07. The molecule has 0 spiro atoms. The molecule has 0 saturated heterocycles. The minimum Gasteiger partial charge on any atom is -0.463 e. The highest BCUT2D eigenvalue weighted by Gasteiger charge is 2.12. The molecule has 0 aliphatic heterocycles. The van der Waals surface area contributed by atoms with Crippen LogP contribution in [-0.2, 0) is 11.3 Å². The molecule has 102 valence electrons. The second-order valence-electron chi connectivity index (χ2n) is 4.38. The van der Waals surface area contributed by atoms with Crippen molar-refractivity contribution in [1.82, 2.24) is 24.1 Å². The molecule has 0 bridgehead atoms. The number of carbonyl (C=O) groups excluding carboxylic acids is 1. The van der Waals surface area contributed by atoms with Crippen LogP contribution >= 0.6 is 0 Å². The van der Waals surface area contributed by atoms with Crippen LogP contribution in [0.15, 0.2) is 30.7 Å². The third-order valence-corrected chi connectivity index (χ3v) is 2.97. The van der Waals surface area contributed by atoms with E-state index in [0.717, 1.165) is 17.0 Å². The SMILES string of the molecule is COC(=O)c1ncn(Cc2cn3c(C)cccc3n2)n1. The van der Waals surface area contributed by atoms with Gasteiger partial charge in [-0.2, -0.15) is 0 Å². The lowest BCUT2D eigenvalue weighted by molar-refractivity contribution is 0.0586. The summed E-state index contributed by atoms with van der Waals surface area (Å²) in [6.07, 6.45) is 3.44. The van der Waals surface area contributed by atoms with Crippen LogP contribution in [0.25, 0.3) is 5.65 Å². The molecule has 0 fully saturated rings. The molecule has 0 N–H and O–H groups in total. The van der Waals surface area contributed by atoms with Gasteiger partial charge in [-0.1, -0.05) is 6.07 Å². The van der Waals surface area contributed by atoms with Gasteiger partial charge < -0.3 is 9.14 Å². The number of carbonyl (C=O) groups is 1. The van der Waals surface area contributed by atoms with E-state index in [9.17, 15) is 4.79 Å². The van der Waals surface area contributed by atoms with Gasteiger partial charge in [-0.3, -0.25) is 0 Å². The van der Waals surface area contributed by atoms with Gasteiger partial charge in [0.15, 0.2) is 0 Å². The summed E-state index contributed by atoms with van der Waals surface area (Å²) in [6.45, 7) is 2.47. The summed E-state index contributed by atoms with van der Waals surface area (Å²) in [4.78, 5) is 19.7. The number of imidazole rings is 1. The van der Waals surface area contributed by atoms with Crippen LogP contribution in [0.2, 0.25) is 0 Å². The molecular formula is C13H13N5O2. The van der Waals surface area contributed by atoms with Crippen molar-refractivity contribution in [3.63, 3.8) is 0 Å². The summed E-state index contributed by atoms with van der Waals surface area (Å²) in [5, 5.41) is 4.05. The van der Waals surface area contributed by atoms with E-state index in [4.69, 9.17) is 0 Å². The van der Waals surface area contributed by atoms with Crippen LogP contribution in [-0.4, -0.2) is 37.2 Å². The molecule has 0 unspecified atom stereocenters. The number of ether oxygens (including phenoxy) is 1. The predicted molar refractivity (Wildman–Crippen MR) is 70.4 cm³/mol. The fourth-order valence-corrected chi connectivity index (χ4v) is 2.00. The number of esters is 1. The zero-order chi connectivity index (χ0) is 14.1. The Hall–Kier alpha value is -2.70. The maximum absolute atomic E-state index is 11.3. The number of rotatable bonds is 3. The highest BCUT2D eigenvalue weighted by Crippen LogP contribution is 2.09. The Bertz CT molecular complexity index is 774. The normalized spacial score (nSPS) is 10.9. The summed E-state index contributed by atoms with van der Waals surface area (Å²) >= 11 is 0. The number of aromatic nitrogens is 5. The lowest BCUT2D eigenvalue weighted by atomic mass is 10.4. The van der Waals surface area contributed by atoms with Crippen molar-refractivity contribution in [3.8, 4) is 0 Å². The fourth-order valence-electron chi connectivity index (χ4n) is 2.00. The number of methoxy groups -OCH3 is 1. The van der Waals surface area contributed by atoms with Crippen molar-refractivity contribution >= 4 is 11.6 Å². The number of pyridine rings is 1. The van der Waals surface area contributed by atoms with E-state index in [0.29, 0.717) is 6.54 Å². The zero-order valence-electron chi connectivity index (χ0n) is 11.1. The van der Waals surface area contributed by atoms with Gasteiger partial charge in [0, 0.05) is 11.9 Å². The van der Waals surface area contributed by atoms with E-state index in [-0.39, 0.29) is 5.82 Å². The molecule has 0 atom stereocenters. The minimum atomic E-state index is -0.547. The summed E-state index contributed by atoms with van der Waals surface area (Å²) in [5.74, 6) is -0.498. The van der Waals surface area contributed by atoms with Gasteiger partial charge in [0.05, 0.1) is 19.3 Å². The zero-order valence-corrected chi connectivity index (χ0v) is 11.1. The van der Waals surface area contributed by atoms with Crippen molar-refractivity contribution in [3.05, 3.63) is 47.9 Å². The largest absolute Gasteiger partial charge is 0.463 e. The van der Waals surface area contributed by atoms with Gasteiger partial charge in [-0.05, 0) is 19.1 Å². The monoisotopic (exact) mass is 271 g/mol. The molecular weight excluding hydrogens is 258 g/mol. The van der Waals surface area contributed by atoms with Crippen molar-refractivity contribution < 1.29 is 9.53 Å². The Labute approximate surface area is 114 Å². The van der Waals surface area contributed by atoms with Gasteiger partial charge in [0.2, 0.25) is 0 Å². The fraction of sp³-hybridized carbons (Fsp3) is 0.231. The van der Waals surface area contributed by atoms with Crippen molar-refractivity contribution in [2.45, 2.75) is 13.5 Å². The van der Waals surface area contributed by atoms with E-state index in [2.05, 4.69) is 19.8 Å². The van der Waals surface area contributed by atoms with Crippen LogP contribution in [0.1, 0.15) is 22.0 Å². The first-order valence-corrected chi connectivity index (χ1v) is 6.09. The molecule has 7 heteroatoms. The van der Waals surface area contributed by atoms with E-state index in [1.165, 1.54) is 13.4 Å². The van der Waals surface area contributed by atoms with Gasteiger partial charge in [-0.25, -0.2) is 19.4 Å². The van der Waals surface area contributed by atoms with Crippen LogP contribution in [0.4, 0.5) is 0 Å². The molecule has 0 radical (unpaired) electrons. The Kier molecular flexibility index (Phi) is 2.94. The second kappa shape index (κ2) is 4.76. The molecule has 20 heavy (non-hydrogen) atoms. The molecule has 3 aromatic rings. The summed E-state index contributed by atoms with van der Waals surface area (Å²) in [6, 6.07) is 5.92. The highest BCUT2D eigenvalue weighted by molar-refractivity contribution is 5.84. The van der Waals surface area contributed by atoms with Crippen molar-refractivity contribution in [2.24, 2.45) is 0 Å². The van der Waals surface area contributed by atoms with Crippen molar-refractivity contribution in [1.29, 1.82) is 0 Å². The lowest BCUT2D eigenvalue weighted by Gasteiger charge is -1.96. The maximum atomic E-state index is 11.3. The molecule has 0 aliphatic rings. The third kappa shape index (κ3) is 2.13. The molecule has 7 nitrogen and oxygen atoms in total. The van der Waals surface area contributed by atoms with E-state index in [1.807, 2.05) is 35.7 Å². The average molecular weight is 271 g/mol. The summed E-state index contributed by atoms with van der Waals surface area (Å²) in [7, 11) is 1.30. The number of aryl methyl sites for hydroxylation is 1. The third-order valence-electron chi connectivity index (χ3n) is 2.97. The topological polar surface area (TPSA) is 74.3 Å². The van der Waals surface area contributed by atoms with Crippen molar-refractivity contribution in [2.75, 3.05) is 7.11 Å². The summed E-state index contributed by atoms with van der Waals surface area (Å²) in [5.41, 5.74) is 2.84. The molecule has 0 saturated carbocycles. The van der Waals surface area contributed by atoms with Crippen LogP contribution in [0.3, 0.4) is 0 Å². The Morgan fingerprint density at radius 3 is 3.00 bits per heavy atom. The van der Waals surface area contributed by atoms with E-state index in [1.54, 1.807) is 4.68 Å². The average Bonchev–Trinajstić information content (AvgIpc) is 3.05. The van der Waals surface area contributed by atoms with Gasteiger partial charge in [0.25, 0.3) is 5.82 Å². The van der Waals surface area contributed by atoms with Crippen LogP contribution in [0.5, 0.6) is 0 Å². The lowest BCUT2D eigenvalue weighted by Crippen LogP contribution is -2.06. The van der Waals surface area contributed by atoms with Gasteiger partial charge in [-0.15, -0.1) is 5.10 Å². The number of hydrogen-bond acceptors (Lipinski definition) is 5. The smallest absolute Gasteiger partial charge is 0.377 e. The minimum absolute atomic E-state index is 0.0486. The molecule has 0 aromatic carbocycles. The number of nitrogens with zero attached hydrogens (tertiary/aromatic N) is 5. The Morgan fingerprint density at radius 2 is 2.25 bits per heavy atom. The maximum Gasteiger partial charge on any atom is 0.377 e. The van der Waals surface area contributed by atoms with Crippen LogP contribution < -0.4 is 0 Å². The number of hydrogen-bond donors (Lipinski definition) is 0. The molecule has 0 amide bonds. The first-order valence-electron chi connectivity index (χ1n) is 6.09. The number of fused-ring (bicyclic) bond motifs is 1. The first kappa shape index (κ1) is 12.3. The summed E-state index contributed by atoms with van der Waals surface area (Å²) < 4.78 is 8.13. The standard InChI is InChI=1S/C13H13N5O2/c1-9-4-3-5-11-15-10(7-18(9)11)6-17-8-14-12(16-17)13(19)20-2/h3-5,7-8H,6H2,1-2H3. The Balaban J connectivity index is 1.87. The Morgan fingerprint density at radius 1 is 1.40 bits per heavy atom. The second-order valence-corrected chi connectivity index (χ2v) is 4.38. The first-order chi connectivity index (χ1) is 9.67. The van der Waals surface area contributed by atoms with E-state index < -0.39 is 5.97 Å². The highest BCUT2D eigenvalue weighted by atomic mass is 16.5. The molecule has 3 aromatic heterocycles. The van der Waals surface area contributed by atoms with Gasteiger partial charge >= 0.3 is 5.97 Å². The van der Waals surface area contributed by atoms with Crippen LogP contribution in [0, 0.1) is 6.92 Å². The quantitative estimate of drug-likeness (QED) is 0.666.